The van der Waals surface area contributed by atoms with E-state index in [9.17, 15) is 4.79 Å². The van der Waals surface area contributed by atoms with E-state index in [0.717, 1.165) is 50.2 Å². The quantitative estimate of drug-likeness (QED) is 0.844. The van der Waals surface area contributed by atoms with Crippen molar-refractivity contribution < 1.29 is 9.53 Å². The SMILES string of the molecule is C=C1C(C(=O)OCC)=CN(C2CC2)c2cc(N3CCNCC3)c(C)cc21. The molecule has 0 bridgehead atoms. The minimum atomic E-state index is -0.280. The summed E-state index contributed by atoms with van der Waals surface area (Å²) in [5.74, 6) is -0.280. The molecule has 1 aliphatic carbocycles. The molecule has 0 aromatic heterocycles. The van der Waals surface area contributed by atoms with Crippen LogP contribution in [0.3, 0.4) is 0 Å². The number of piperazine rings is 1. The lowest BCUT2D eigenvalue weighted by atomic mass is 9.92. The molecule has 1 aromatic rings. The zero-order chi connectivity index (χ0) is 18.3. The van der Waals surface area contributed by atoms with Gasteiger partial charge >= 0.3 is 5.97 Å². The molecule has 0 spiro atoms. The van der Waals surface area contributed by atoms with Crippen molar-refractivity contribution in [2.75, 3.05) is 42.6 Å². The van der Waals surface area contributed by atoms with E-state index in [1.165, 1.54) is 16.9 Å². The van der Waals surface area contributed by atoms with Crippen LogP contribution in [0.1, 0.15) is 30.9 Å². The smallest absolute Gasteiger partial charge is 0.340 e. The highest BCUT2D eigenvalue weighted by Crippen LogP contribution is 2.44. The number of hydrogen-bond acceptors (Lipinski definition) is 5. The number of fused-ring (bicyclic) bond motifs is 1. The average molecular weight is 353 g/mol. The normalized spacial score (nSPS) is 19.9. The molecule has 1 saturated carbocycles. The number of ether oxygens (including phenoxy) is 1. The molecule has 2 heterocycles. The van der Waals surface area contributed by atoms with Crippen LogP contribution in [0.4, 0.5) is 11.4 Å². The molecule has 5 heteroatoms. The fourth-order valence-corrected chi connectivity index (χ4v) is 3.86. The molecule has 4 rings (SSSR count). The summed E-state index contributed by atoms with van der Waals surface area (Å²) >= 11 is 0. The van der Waals surface area contributed by atoms with Crippen molar-refractivity contribution in [3.8, 4) is 0 Å². The fraction of sp³-hybridized carbons (Fsp3) is 0.476. The molecule has 1 N–H and O–H groups in total. The van der Waals surface area contributed by atoms with Gasteiger partial charge in [0, 0.05) is 49.7 Å². The number of carbonyl (C=O) groups excluding carboxylic acids is 1. The first-order valence-electron chi connectivity index (χ1n) is 9.57. The second-order valence-electron chi connectivity index (χ2n) is 7.27. The van der Waals surface area contributed by atoms with E-state index in [0.29, 0.717) is 18.2 Å². The zero-order valence-corrected chi connectivity index (χ0v) is 15.7. The summed E-state index contributed by atoms with van der Waals surface area (Å²) < 4.78 is 5.25. The lowest BCUT2D eigenvalue weighted by Gasteiger charge is -2.35. The van der Waals surface area contributed by atoms with E-state index in [1.54, 1.807) is 0 Å². The third-order valence-corrected chi connectivity index (χ3v) is 5.40. The van der Waals surface area contributed by atoms with Crippen LogP contribution in [0.25, 0.3) is 5.57 Å². The highest BCUT2D eigenvalue weighted by atomic mass is 16.5. The molecular weight excluding hydrogens is 326 g/mol. The van der Waals surface area contributed by atoms with E-state index >= 15 is 0 Å². The standard InChI is InChI=1S/C21H27N3O2/c1-4-26-21(25)18-13-24(16-5-6-16)20-12-19(23-9-7-22-8-10-23)14(2)11-17(20)15(18)3/h11-13,16,22H,3-10H2,1-2H3. The van der Waals surface area contributed by atoms with Gasteiger partial charge in [0.05, 0.1) is 17.9 Å². The summed E-state index contributed by atoms with van der Waals surface area (Å²) in [5.41, 5.74) is 6.10. The Kier molecular flexibility index (Phi) is 4.49. The van der Waals surface area contributed by atoms with Crippen LogP contribution in [-0.2, 0) is 9.53 Å². The number of esters is 1. The number of carbonyl (C=O) groups is 1. The first-order chi connectivity index (χ1) is 12.6. The van der Waals surface area contributed by atoms with Crippen LogP contribution in [0.15, 0.2) is 30.5 Å². The minimum Gasteiger partial charge on any atom is -0.462 e. The Morgan fingerprint density at radius 3 is 2.65 bits per heavy atom. The Morgan fingerprint density at radius 1 is 1.27 bits per heavy atom. The summed E-state index contributed by atoms with van der Waals surface area (Å²) in [4.78, 5) is 17.1. The molecule has 0 atom stereocenters. The van der Waals surface area contributed by atoms with Crippen molar-refractivity contribution in [2.24, 2.45) is 0 Å². The second kappa shape index (κ2) is 6.80. The lowest BCUT2D eigenvalue weighted by Crippen LogP contribution is -2.44. The van der Waals surface area contributed by atoms with Crippen LogP contribution in [0, 0.1) is 6.92 Å². The van der Waals surface area contributed by atoms with Crippen molar-refractivity contribution in [3.63, 3.8) is 0 Å². The van der Waals surface area contributed by atoms with Gasteiger partial charge < -0.3 is 19.9 Å². The van der Waals surface area contributed by atoms with Gasteiger partial charge in [0.15, 0.2) is 0 Å². The van der Waals surface area contributed by atoms with Gasteiger partial charge in [0.25, 0.3) is 0 Å². The second-order valence-corrected chi connectivity index (χ2v) is 7.27. The third-order valence-electron chi connectivity index (χ3n) is 5.40. The number of rotatable bonds is 4. The molecule has 5 nitrogen and oxygen atoms in total. The van der Waals surface area contributed by atoms with E-state index in [4.69, 9.17) is 4.74 Å². The predicted molar refractivity (Wildman–Crippen MR) is 106 cm³/mol. The molecule has 2 aliphatic heterocycles. The number of nitrogens with one attached hydrogen (secondary N) is 1. The topological polar surface area (TPSA) is 44.8 Å². The van der Waals surface area contributed by atoms with Gasteiger partial charge in [-0.1, -0.05) is 6.58 Å². The Hall–Kier alpha value is -2.27. The van der Waals surface area contributed by atoms with Gasteiger partial charge in [-0.2, -0.15) is 0 Å². The molecule has 1 aromatic carbocycles. The molecule has 2 fully saturated rings. The summed E-state index contributed by atoms with van der Waals surface area (Å²) in [6, 6.07) is 4.96. The Morgan fingerprint density at radius 2 is 2.00 bits per heavy atom. The van der Waals surface area contributed by atoms with Crippen LogP contribution < -0.4 is 15.1 Å². The minimum absolute atomic E-state index is 0.280. The van der Waals surface area contributed by atoms with E-state index < -0.39 is 0 Å². The monoisotopic (exact) mass is 353 g/mol. The molecule has 1 saturated heterocycles. The van der Waals surface area contributed by atoms with Crippen LogP contribution >= 0.6 is 0 Å². The number of anilines is 2. The van der Waals surface area contributed by atoms with Gasteiger partial charge in [0.1, 0.15) is 0 Å². The molecule has 0 radical (unpaired) electrons. The van der Waals surface area contributed by atoms with Gasteiger partial charge in [-0.25, -0.2) is 4.79 Å². The maximum absolute atomic E-state index is 12.4. The van der Waals surface area contributed by atoms with Crippen LogP contribution in [0.2, 0.25) is 0 Å². The van der Waals surface area contributed by atoms with Crippen molar-refractivity contribution in [1.29, 1.82) is 0 Å². The number of nitrogens with zero attached hydrogens (tertiary/aromatic N) is 2. The first kappa shape index (κ1) is 17.2. The first-order valence-corrected chi connectivity index (χ1v) is 9.57. The number of aryl methyl sites for hydroxylation is 1. The molecule has 0 unspecified atom stereocenters. The zero-order valence-electron chi connectivity index (χ0n) is 15.7. The Labute approximate surface area is 155 Å². The van der Waals surface area contributed by atoms with Crippen molar-refractivity contribution in [3.05, 3.63) is 41.6 Å². The van der Waals surface area contributed by atoms with Crippen molar-refractivity contribution in [2.45, 2.75) is 32.7 Å². The highest BCUT2D eigenvalue weighted by Gasteiger charge is 2.35. The Balaban J connectivity index is 1.75. The molecular formula is C21H27N3O2. The van der Waals surface area contributed by atoms with Crippen molar-refractivity contribution >= 4 is 22.9 Å². The summed E-state index contributed by atoms with van der Waals surface area (Å²) in [7, 11) is 0. The van der Waals surface area contributed by atoms with Gasteiger partial charge in [-0.05, 0) is 50.0 Å². The molecule has 26 heavy (non-hydrogen) atoms. The summed E-state index contributed by atoms with van der Waals surface area (Å²) in [6.07, 6.45) is 4.28. The summed E-state index contributed by atoms with van der Waals surface area (Å²) in [5, 5.41) is 3.41. The fourth-order valence-electron chi connectivity index (χ4n) is 3.86. The predicted octanol–water partition coefficient (Wildman–Crippen LogP) is 2.85. The van der Waals surface area contributed by atoms with E-state index in [2.05, 4.69) is 40.8 Å². The maximum atomic E-state index is 12.4. The largest absolute Gasteiger partial charge is 0.462 e. The maximum Gasteiger partial charge on any atom is 0.340 e. The number of hydrogen-bond donors (Lipinski definition) is 1. The molecule has 3 aliphatic rings. The van der Waals surface area contributed by atoms with Gasteiger partial charge in [0.2, 0.25) is 0 Å². The van der Waals surface area contributed by atoms with Crippen LogP contribution in [-0.4, -0.2) is 44.8 Å². The van der Waals surface area contributed by atoms with E-state index in [-0.39, 0.29) is 5.97 Å². The van der Waals surface area contributed by atoms with Gasteiger partial charge in [-0.3, -0.25) is 0 Å². The summed E-state index contributed by atoms with van der Waals surface area (Å²) in [6.45, 7) is 12.7. The third kappa shape index (κ3) is 3.01. The average Bonchev–Trinajstić information content (AvgIpc) is 3.48. The van der Waals surface area contributed by atoms with Crippen LogP contribution in [0.5, 0.6) is 0 Å². The molecule has 138 valence electrons. The van der Waals surface area contributed by atoms with Gasteiger partial charge in [-0.15, -0.1) is 0 Å². The number of benzene rings is 1. The highest BCUT2D eigenvalue weighted by molar-refractivity contribution is 6.09. The van der Waals surface area contributed by atoms with Crippen molar-refractivity contribution in [1.82, 2.24) is 5.32 Å². The Bertz CT molecular complexity index is 774. The molecule has 0 amide bonds. The lowest BCUT2D eigenvalue weighted by molar-refractivity contribution is -0.138. The van der Waals surface area contributed by atoms with E-state index in [1.807, 2.05) is 13.1 Å².